The van der Waals surface area contributed by atoms with E-state index in [-0.39, 0.29) is 0 Å². The number of nitrogens with two attached hydrogens (primary N) is 1. The van der Waals surface area contributed by atoms with Gasteiger partial charge < -0.3 is 10.4 Å². The molecule has 0 aromatic carbocycles. The van der Waals surface area contributed by atoms with E-state index in [1.807, 2.05) is 0 Å². The van der Waals surface area contributed by atoms with Gasteiger partial charge in [-0.1, -0.05) is 0 Å². The van der Waals surface area contributed by atoms with Crippen molar-refractivity contribution in [3.63, 3.8) is 0 Å². The minimum Gasteiger partial charge on any atom is -0.312 e. The molecule has 1 rings (SSSR count). The first-order chi connectivity index (χ1) is 4.74. The molecule has 0 atom stereocenters. The number of hydrogen-bond donors (Lipinski definition) is 3. The fourth-order valence-corrected chi connectivity index (χ4v) is 0.606. The summed E-state index contributed by atoms with van der Waals surface area (Å²) in [6, 6.07) is 0. The van der Waals surface area contributed by atoms with E-state index in [1.165, 1.54) is 0 Å². The Bertz CT molecular complexity index is 279. The van der Waals surface area contributed by atoms with Gasteiger partial charge in [0.25, 0.3) is 0 Å². The first-order valence-corrected chi connectivity index (χ1v) is 2.77. The number of rotatable bonds is 1. The minimum atomic E-state index is -0.404. The standard InChI is InChI=1S/C5H8N4O/c1-3-2-7-5(10)8-4(3)9-6/h2H,6H2,1H3,(H2,7,8,9,10). The molecule has 0 unspecified atom stereocenters. The second-order valence-corrected chi connectivity index (χ2v) is 1.88. The number of nitrogens with zero attached hydrogens (tertiary/aromatic N) is 1. The molecule has 0 aliphatic heterocycles. The zero-order valence-electron chi connectivity index (χ0n) is 5.51. The van der Waals surface area contributed by atoms with Crippen molar-refractivity contribution in [1.82, 2.24) is 9.97 Å². The van der Waals surface area contributed by atoms with Crippen molar-refractivity contribution in [2.24, 2.45) is 5.84 Å². The molecule has 0 saturated carbocycles. The van der Waals surface area contributed by atoms with Crippen LogP contribution in [0.2, 0.25) is 0 Å². The van der Waals surface area contributed by atoms with Crippen LogP contribution >= 0.6 is 0 Å². The molecule has 0 spiro atoms. The number of hydrazine groups is 1. The second-order valence-electron chi connectivity index (χ2n) is 1.88. The lowest BCUT2D eigenvalue weighted by Gasteiger charge is -1.99. The summed E-state index contributed by atoms with van der Waals surface area (Å²) >= 11 is 0. The molecule has 5 nitrogen and oxygen atoms in total. The average Bonchev–Trinajstić information content (AvgIpc) is 1.94. The van der Waals surface area contributed by atoms with Crippen LogP contribution in [-0.4, -0.2) is 9.97 Å². The van der Waals surface area contributed by atoms with Gasteiger partial charge in [-0.25, -0.2) is 10.6 Å². The van der Waals surface area contributed by atoms with Gasteiger partial charge in [0.2, 0.25) is 0 Å². The molecule has 0 amide bonds. The molecular weight excluding hydrogens is 132 g/mol. The highest BCUT2D eigenvalue weighted by atomic mass is 16.1. The molecule has 0 fully saturated rings. The van der Waals surface area contributed by atoms with E-state index in [2.05, 4.69) is 15.4 Å². The highest BCUT2D eigenvalue weighted by Gasteiger charge is 1.95. The van der Waals surface area contributed by atoms with E-state index in [0.29, 0.717) is 5.82 Å². The van der Waals surface area contributed by atoms with E-state index in [4.69, 9.17) is 5.84 Å². The highest BCUT2D eigenvalue weighted by Crippen LogP contribution is 2.01. The van der Waals surface area contributed by atoms with Crippen LogP contribution in [0.3, 0.4) is 0 Å². The first kappa shape index (κ1) is 6.76. The quantitative estimate of drug-likeness (QED) is 0.358. The third-order valence-corrected chi connectivity index (χ3v) is 1.14. The van der Waals surface area contributed by atoms with Crippen molar-refractivity contribution in [1.29, 1.82) is 0 Å². The number of aryl methyl sites for hydroxylation is 1. The number of H-pyrrole nitrogens is 1. The van der Waals surface area contributed by atoms with Crippen LogP contribution in [0.5, 0.6) is 0 Å². The van der Waals surface area contributed by atoms with Crippen molar-refractivity contribution in [2.75, 3.05) is 5.43 Å². The van der Waals surface area contributed by atoms with Crippen LogP contribution in [-0.2, 0) is 0 Å². The molecule has 0 aliphatic rings. The van der Waals surface area contributed by atoms with Gasteiger partial charge in [0.05, 0.1) is 0 Å². The molecule has 1 heterocycles. The maximum absolute atomic E-state index is 10.5. The lowest BCUT2D eigenvalue weighted by atomic mass is 10.4. The summed E-state index contributed by atoms with van der Waals surface area (Å²) in [4.78, 5) is 16.5. The maximum atomic E-state index is 10.5. The van der Waals surface area contributed by atoms with Crippen LogP contribution in [0.15, 0.2) is 11.0 Å². The van der Waals surface area contributed by atoms with Crippen molar-refractivity contribution in [3.8, 4) is 0 Å². The summed E-state index contributed by atoms with van der Waals surface area (Å²) in [5, 5.41) is 0. The molecule has 4 N–H and O–H groups in total. The Hall–Kier alpha value is -1.36. The fraction of sp³-hybridized carbons (Fsp3) is 0.200. The van der Waals surface area contributed by atoms with Gasteiger partial charge in [0, 0.05) is 11.8 Å². The Morgan fingerprint density at radius 1 is 1.80 bits per heavy atom. The van der Waals surface area contributed by atoms with Gasteiger partial charge in [-0.3, -0.25) is 0 Å². The molecule has 0 aliphatic carbocycles. The molecule has 0 radical (unpaired) electrons. The van der Waals surface area contributed by atoms with E-state index in [0.717, 1.165) is 5.56 Å². The Morgan fingerprint density at radius 3 is 3.00 bits per heavy atom. The van der Waals surface area contributed by atoms with E-state index >= 15 is 0 Å². The molecule has 54 valence electrons. The zero-order chi connectivity index (χ0) is 7.56. The summed E-state index contributed by atoms with van der Waals surface area (Å²) in [6.45, 7) is 1.79. The summed E-state index contributed by atoms with van der Waals surface area (Å²) in [5.74, 6) is 5.46. The topological polar surface area (TPSA) is 83.8 Å². The minimum absolute atomic E-state index is 0.404. The van der Waals surface area contributed by atoms with Crippen LogP contribution in [0, 0.1) is 6.92 Å². The number of nitrogen functional groups attached to an aromatic ring is 1. The van der Waals surface area contributed by atoms with Gasteiger partial charge in [-0.15, -0.1) is 0 Å². The Kier molecular flexibility index (Phi) is 1.68. The fourth-order valence-electron chi connectivity index (χ4n) is 0.606. The van der Waals surface area contributed by atoms with Gasteiger partial charge in [-0.2, -0.15) is 4.98 Å². The molecule has 1 aromatic heterocycles. The highest BCUT2D eigenvalue weighted by molar-refractivity contribution is 5.39. The van der Waals surface area contributed by atoms with Crippen molar-refractivity contribution in [2.45, 2.75) is 6.92 Å². The summed E-state index contributed by atoms with van der Waals surface area (Å²) in [7, 11) is 0. The van der Waals surface area contributed by atoms with Crippen molar-refractivity contribution < 1.29 is 0 Å². The monoisotopic (exact) mass is 140 g/mol. The van der Waals surface area contributed by atoms with Crippen molar-refractivity contribution in [3.05, 3.63) is 22.2 Å². The van der Waals surface area contributed by atoms with Gasteiger partial charge in [0.1, 0.15) is 5.82 Å². The van der Waals surface area contributed by atoms with Gasteiger partial charge >= 0.3 is 5.69 Å². The van der Waals surface area contributed by atoms with Crippen LogP contribution < -0.4 is 17.0 Å². The Labute approximate surface area is 57.3 Å². The van der Waals surface area contributed by atoms with Crippen LogP contribution in [0.25, 0.3) is 0 Å². The average molecular weight is 140 g/mol. The molecular formula is C5H8N4O. The number of nitrogens with one attached hydrogen (secondary N) is 2. The predicted octanol–water partition coefficient (Wildman–Crippen LogP) is -0.636. The molecule has 0 bridgehead atoms. The Morgan fingerprint density at radius 2 is 2.50 bits per heavy atom. The molecule has 0 saturated heterocycles. The van der Waals surface area contributed by atoms with Crippen LogP contribution in [0.1, 0.15) is 5.56 Å². The number of anilines is 1. The lowest BCUT2D eigenvalue weighted by molar-refractivity contribution is 1.04. The zero-order valence-corrected chi connectivity index (χ0v) is 5.51. The van der Waals surface area contributed by atoms with Gasteiger partial charge in [-0.05, 0) is 6.92 Å². The summed E-state index contributed by atoms with van der Waals surface area (Å²) < 4.78 is 0. The number of aromatic amines is 1. The van der Waals surface area contributed by atoms with E-state index in [9.17, 15) is 4.79 Å². The third-order valence-electron chi connectivity index (χ3n) is 1.14. The van der Waals surface area contributed by atoms with E-state index in [1.54, 1.807) is 13.1 Å². The largest absolute Gasteiger partial charge is 0.346 e. The smallest absolute Gasteiger partial charge is 0.312 e. The predicted molar refractivity (Wildman–Crippen MR) is 37.4 cm³/mol. The SMILES string of the molecule is Cc1c[nH]c(=O)nc1NN. The molecule has 10 heavy (non-hydrogen) atoms. The second kappa shape index (κ2) is 2.49. The van der Waals surface area contributed by atoms with Crippen molar-refractivity contribution >= 4 is 5.82 Å². The Balaban J connectivity index is 3.22. The summed E-state index contributed by atoms with van der Waals surface area (Å²) in [6.07, 6.45) is 1.55. The maximum Gasteiger partial charge on any atom is 0.346 e. The molecule has 5 heteroatoms. The first-order valence-electron chi connectivity index (χ1n) is 2.77. The summed E-state index contributed by atoms with van der Waals surface area (Å²) in [5.41, 5.74) is 2.71. The number of hydrogen-bond acceptors (Lipinski definition) is 4. The van der Waals surface area contributed by atoms with Gasteiger partial charge in [0.15, 0.2) is 0 Å². The third kappa shape index (κ3) is 1.14. The van der Waals surface area contributed by atoms with Crippen LogP contribution in [0.4, 0.5) is 5.82 Å². The van der Waals surface area contributed by atoms with E-state index < -0.39 is 5.69 Å². The number of aromatic nitrogens is 2. The normalized spacial score (nSPS) is 9.40. The molecule has 1 aromatic rings. The lowest BCUT2D eigenvalue weighted by Crippen LogP contribution is -2.17.